The fourth-order valence-electron chi connectivity index (χ4n) is 5.17. The van der Waals surface area contributed by atoms with Crippen molar-refractivity contribution >= 4 is 0 Å². The zero-order valence-electron chi connectivity index (χ0n) is 11.4. The Morgan fingerprint density at radius 2 is 1.79 bits per heavy atom. The molecule has 0 aromatic heterocycles. The van der Waals surface area contributed by atoms with Crippen LogP contribution in [0.2, 0.25) is 0 Å². The second-order valence-electron chi connectivity index (χ2n) is 6.81. The van der Waals surface area contributed by atoms with E-state index in [1.54, 1.807) is 12.1 Å². The Bertz CT molecular complexity index is 455. The lowest BCUT2D eigenvalue weighted by molar-refractivity contribution is 0.208. The molecule has 3 fully saturated rings. The smallest absolute Gasteiger partial charge is 0.115 e. The summed E-state index contributed by atoms with van der Waals surface area (Å²) in [6.07, 6.45) is 7.37. The van der Waals surface area contributed by atoms with Crippen LogP contribution in [0.3, 0.4) is 0 Å². The van der Waals surface area contributed by atoms with Gasteiger partial charge >= 0.3 is 0 Å². The molecule has 3 aliphatic rings. The summed E-state index contributed by atoms with van der Waals surface area (Å²) < 4.78 is 0. The number of phenols is 1. The van der Waals surface area contributed by atoms with Crippen molar-refractivity contribution in [3.05, 3.63) is 29.8 Å². The molecule has 2 heteroatoms. The average molecular weight is 257 g/mol. The van der Waals surface area contributed by atoms with E-state index in [9.17, 15) is 5.11 Å². The van der Waals surface area contributed by atoms with Gasteiger partial charge in [-0.05, 0) is 67.1 Å². The quantitative estimate of drug-likeness (QED) is 0.870. The molecule has 0 amide bonds. The third-order valence-corrected chi connectivity index (χ3v) is 5.93. The van der Waals surface area contributed by atoms with E-state index in [0.717, 1.165) is 36.3 Å². The van der Waals surface area contributed by atoms with Gasteiger partial charge < -0.3 is 10.4 Å². The Kier molecular flexibility index (Phi) is 2.80. The van der Waals surface area contributed by atoms with Crippen molar-refractivity contribution in [1.29, 1.82) is 0 Å². The largest absolute Gasteiger partial charge is 0.508 e. The molecule has 2 nitrogen and oxygen atoms in total. The second kappa shape index (κ2) is 4.52. The van der Waals surface area contributed by atoms with Crippen LogP contribution in [-0.4, -0.2) is 11.1 Å². The first-order valence-corrected chi connectivity index (χ1v) is 7.82. The van der Waals surface area contributed by atoms with Crippen LogP contribution >= 0.6 is 0 Å². The maximum atomic E-state index is 9.30. The predicted molar refractivity (Wildman–Crippen MR) is 75.8 cm³/mol. The molecule has 0 spiro atoms. The molecule has 2 bridgehead atoms. The zero-order chi connectivity index (χ0) is 12.8. The Balaban J connectivity index is 1.38. The van der Waals surface area contributed by atoms with Crippen LogP contribution in [0.1, 0.15) is 37.7 Å². The molecule has 4 rings (SSSR count). The Hall–Kier alpha value is -1.02. The van der Waals surface area contributed by atoms with Gasteiger partial charge in [0, 0.05) is 12.6 Å². The minimum absolute atomic E-state index is 0.359. The first-order chi connectivity index (χ1) is 9.31. The lowest BCUT2D eigenvalue weighted by Gasteiger charge is -2.32. The minimum Gasteiger partial charge on any atom is -0.508 e. The fourth-order valence-corrected chi connectivity index (χ4v) is 5.17. The molecule has 0 heterocycles. The first kappa shape index (κ1) is 11.8. The molecule has 3 aliphatic carbocycles. The Morgan fingerprint density at radius 1 is 1.00 bits per heavy atom. The van der Waals surface area contributed by atoms with Crippen molar-refractivity contribution in [2.75, 3.05) is 0 Å². The molecular weight excluding hydrogens is 234 g/mol. The van der Waals surface area contributed by atoms with Gasteiger partial charge in [-0.3, -0.25) is 0 Å². The molecule has 5 atom stereocenters. The first-order valence-electron chi connectivity index (χ1n) is 7.82. The van der Waals surface area contributed by atoms with Crippen LogP contribution in [-0.2, 0) is 6.54 Å². The van der Waals surface area contributed by atoms with E-state index in [2.05, 4.69) is 5.32 Å². The summed E-state index contributed by atoms with van der Waals surface area (Å²) in [7, 11) is 0. The molecule has 19 heavy (non-hydrogen) atoms. The van der Waals surface area contributed by atoms with Crippen LogP contribution in [0, 0.1) is 23.7 Å². The van der Waals surface area contributed by atoms with Crippen LogP contribution in [0.15, 0.2) is 24.3 Å². The summed E-state index contributed by atoms with van der Waals surface area (Å²) in [6, 6.07) is 8.36. The average Bonchev–Trinajstić information content (AvgIpc) is 3.10. The molecule has 2 N–H and O–H groups in total. The van der Waals surface area contributed by atoms with E-state index >= 15 is 0 Å². The Morgan fingerprint density at radius 3 is 2.63 bits per heavy atom. The van der Waals surface area contributed by atoms with Crippen LogP contribution in [0.4, 0.5) is 0 Å². The Labute approximate surface area is 115 Å². The van der Waals surface area contributed by atoms with Crippen LogP contribution in [0.25, 0.3) is 0 Å². The van der Waals surface area contributed by atoms with Gasteiger partial charge in [0.25, 0.3) is 0 Å². The fraction of sp³-hybridized carbons (Fsp3) is 0.647. The van der Waals surface area contributed by atoms with Crippen molar-refractivity contribution in [3.8, 4) is 5.75 Å². The molecule has 0 aliphatic heterocycles. The number of benzene rings is 1. The molecule has 102 valence electrons. The summed E-state index contributed by atoms with van der Waals surface area (Å²) >= 11 is 0. The molecule has 1 aromatic carbocycles. The zero-order valence-corrected chi connectivity index (χ0v) is 11.4. The van der Waals surface area contributed by atoms with Crippen molar-refractivity contribution < 1.29 is 5.11 Å². The van der Waals surface area contributed by atoms with Gasteiger partial charge in [0.05, 0.1) is 0 Å². The van der Waals surface area contributed by atoms with Crippen molar-refractivity contribution in [2.45, 2.75) is 44.7 Å². The highest BCUT2D eigenvalue weighted by Gasteiger charge is 2.53. The summed E-state index contributed by atoms with van der Waals surface area (Å²) in [6.45, 7) is 0.950. The normalized spacial score (nSPS) is 39.7. The maximum Gasteiger partial charge on any atom is 0.115 e. The van der Waals surface area contributed by atoms with Gasteiger partial charge in [-0.1, -0.05) is 18.6 Å². The maximum absolute atomic E-state index is 9.30. The van der Waals surface area contributed by atoms with Gasteiger partial charge in [0.1, 0.15) is 5.75 Å². The topological polar surface area (TPSA) is 32.3 Å². The van der Waals surface area contributed by atoms with E-state index in [0.29, 0.717) is 5.75 Å². The number of nitrogens with one attached hydrogen (secondary N) is 1. The molecule has 0 radical (unpaired) electrons. The van der Waals surface area contributed by atoms with Crippen molar-refractivity contribution in [2.24, 2.45) is 23.7 Å². The van der Waals surface area contributed by atoms with Gasteiger partial charge in [0.2, 0.25) is 0 Å². The van der Waals surface area contributed by atoms with Gasteiger partial charge in [-0.25, -0.2) is 0 Å². The minimum atomic E-state index is 0.359. The highest BCUT2D eigenvalue weighted by Crippen LogP contribution is 2.58. The summed E-state index contributed by atoms with van der Waals surface area (Å²) in [5, 5.41) is 13.1. The van der Waals surface area contributed by atoms with Crippen molar-refractivity contribution in [1.82, 2.24) is 5.32 Å². The van der Waals surface area contributed by atoms with Crippen molar-refractivity contribution in [3.63, 3.8) is 0 Å². The molecule has 0 saturated heterocycles. The van der Waals surface area contributed by atoms with Gasteiger partial charge in [0.15, 0.2) is 0 Å². The summed E-state index contributed by atoms with van der Waals surface area (Å²) in [5.74, 6) is 4.45. The van der Waals surface area contributed by atoms with Gasteiger partial charge in [-0.15, -0.1) is 0 Å². The highest BCUT2D eigenvalue weighted by molar-refractivity contribution is 5.25. The number of rotatable bonds is 3. The standard InChI is InChI=1S/C17H23NO/c19-13-6-4-11(5-7-13)10-18-17-9-12-8-16(17)15-3-1-2-14(12)15/h4-7,12,14-19H,1-3,8-10H2. The molecule has 1 aromatic rings. The summed E-state index contributed by atoms with van der Waals surface area (Å²) in [5.41, 5.74) is 1.28. The van der Waals surface area contributed by atoms with E-state index in [4.69, 9.17) is 0 Å². The van der Waals surface area contributed by atoms with Gasteiger partial charge in [-0.2, -0.15) is 0 Å². The number of phenolic OH excluding ortho intramolecular Hbond substituents is 1. The van der Waals surface area contributed by atoms with E-state index in [-0.39, 0.29) is 0 Å². The SMILES string of the molecule is Oc1ccc(CNC2CC3CC2C2CCCC32)cc1. The third kappa shape index (κ3) is 1.97. The van der Waals surface area contributed by atoms with Crippen LogP contribution < -0.4 is 5.32 Å². The van der Waals surface area contributed by atoms with E-state index in [1.165, 1.54) is 37.7 Å². The lowest BCUT2D eigenvalue weighted by atomic mass is 9.79. The molecule has 5 unspecified atom stereocenters. The molecule has 3 saturated carbocycles. The summed E-state index contributed by atoms with van der Waals surface area (Å²) in [4.78, 5) is 0. The predicted octanol–water partition coefficient (Wildman–Crippen LogP) is 3.31. The van der Waals surface area contributed by atoms with Crippen LogP contribution in [0.5, 0.6) is 5.75 Å². The number of hydrogen-bond acceptors (Lipinski definition) is 2. The van der Waals surface area contributed by atoms with E-state index < -0.39 is 0 Å². The highest BCUT2D eigenvalue weighted by atomic mass is 16.3. The lowest BCUT2D eigenvalue weighted by Crippen LogP contribution is -2.38. The molecular formula is C17H23NO. The number of fused-ring (bicyclic) bond motifs is 5. The number of hydrogen-bond donors (Lipinski definition) is 2. The second-order valence-corrected chi connectivity index (χ2v) is 6.81. The third-order valence-electron chi connectivity index (χ3n) is 5.93. The monoisotopic (exact) mass is 257 g/mol. The van der Waals surface area contributed by atoms with E-state index in [1.807, 2.05) is 12.1 Å². The number of aromatic hydroxyl groups is 1.